The Hall–Kier alpha value is -3.26. The molecule has 0 aliphatic rings. The van der Waals surface area contributed by atoms with Gasteiger partial charge in [0.15, 0.2) is 5.78 Å². The third kappa shape index (κ3) is 7.27. The molecule has 3 heterocycles. The van der Waals surface area contributed by atoms with Crippen LogP contribution < -0.4 is 5.19 Å². The molecule has 0 saturated heterocycles. The molecule has 251 valence electrons. The predicted octanol–water partition coefficient (Wildman–Crippen LogP) is 10.4. The second kappa shape index (κ2) is 14.1. The first kappa shape index (κ1) is 33.6. The monoisotopic (exact) mass is 838 g/mol. The third-order valence-electron chi connectivity index (χ3n) is 8.96. The Kier molecular flexibility index (Phi) is 10.1. The Balaban J connectivity index is 0.000000249. The molecule has 1 unspecified atom stereocenters. The number of carbonyl (C=O) groups excluding carboxylic acids is 1. The van der Waals surface area contributed by atoms with Crippen LogP contribution in [0.1, 0.15) is 54.8 Å². The van der Waals surface area contributed by atoms with Crippen LogP contribution in [0.5, 0.6) is 0 Å². The molecule has 47 heavy (non-hydrogen) atoms. The van der Waals surface area contributed by atoms with Crippen molar-refractivity contribution >= 4 is 68.0 Å². The van der Waals surface area contributed by atoms with Gasteiger partial charge in [-0.25, -0.2) is 0 Å². The van der Waals surface area contributed by atoms with Gasteiger partial charge in [-0.1, -0.05) is 87.6 Å². The molecule has 0 aliphatic carbocycles. The number of benzene rings is 3. The second-order valence-electron chi connectivity index (χ2n) is 13.2. The molecule has 0 fully saturated rings. The minimum absolute atomic E-state index is 0. The molecular formula is C38H42F3IrN2O2Si-. The minimum atomic E-state index is -4.35. The van der Waals surface area contributed by atoms with Gasteiger partial charge in [-0.05, 0) is 64.6 Å². The number of fused-ring (bicyclic) bond motifs is 5. The van der Waals surface area contributed by atoms with Crippen molar-refractivity contribution in [3.05, 3.63) is 78.1 Å². The summed E-state index contributed by atoms with van der Waals surface area (Å²) in [4.78, 5) is 16.3. The number of ketones is 1. The maximum Gasteiger partial charge on any atom is 0.389 e. The van der Waals surface area contributed by atoms with Gasteiger partial charge in [0.25, 0.3) is 0 Å². The quantitative estimate of drug-likeness (QED) is 0.0415. The Morgan fingerprint density at radius 3 is 2.32 bits per heavy atom. The molecule has 0 amide bonds. The summed E-state index contributed by atoms with van der Waals surface area (Å²) >= 11 is 0. The molecule has 0 spiro atoms. The van der Waals surface area contributed by atoms with E-state index in [9.17, 15) is 23.1 Å². The van der Waals surface area contributed by atoms with E-state index in [1.807, 2.05) is 13.8 Å². The minimum Gasteiger partial charge on any atom is -0.512 e. The van der Waals surface area contributed by atoms with Crippen LogP contribution in [-0.4, -0.2) is 34.5 Å². The van der Waals surface area contributed by atoms with Gasteiger partial charge in [0.2, 0.25) is 0 Å². The first-order valence-electron chi connectivity index (χ1n) is 16.9. The van der Waals surface area contributed by atoms with Crippen molar-refractivity contribution in [2.24, 2.45) is 11.8 Å². The summed E-state index contributed by atoms with van der Waals surface area (Å²) in [5, 5.41) is 16.1. The van der Waals surface area contributed by atoms with Crippen molar-refractivity contribution in [3.63, 3.8) is 0 Å². The number of nitrogens with zero attached hydrogens (tertiary/aromatic N) is 2. The number of aliphatic hydroxyl groups is 1. The normalized spacial score (nSPS) is 14.1. The van der Waals surface area contributed by atoms with Crippen LogP contribution in [0.25, 0.3) is 49.0 Å². The molecule has 0 bridgehead atoms. The number of aryl methyl sites for hydroxylation is 1. The molecule has 1 atom stereocenters. The number of aromatic nitrogens is 2. The van der Waals surface area contributed by atoms with E-state index in [0.717, 1.165) is 49.9 Å². The first-order valence-corrected chi connectivity index (χ1v) is 19.4. The zero-order chi connectivity index (χ0) is 35.3. The predicted molar refractivity (Wildman–Crippen MR) is 187 cm³/mol. The smallest absolute Gasteiger partial charge is 0.389 e. The Morgan fingerprint density at radius 2 is 1.70 bits per heavy atom. The van der Waals surface area contributed by atoms with Crippen LogP contribution in [-0.2, 0) is 24.9 Å². The van der Waals surface area contributed by atoms with Crippen LogP contribution in [0.4, 0.5) is 13.2 Å². The summed E-state index contributed by atoms with van der Waals surface area (Å²) in [6.07, 6.45) is -3.06. The number of allylic oxidation sites excluding steroid dienone is 2. The van der Waals surface area contributed by atoms with E-state index >= 15 is 0 Å². The van der Waals surface area contributed by atoms with E-state index < -0.39 is 32.4 Å². The van der Waals surface area contributed by atoms with Crippen molar-refractivity contribution in [1.29, 1.82) is 0 Å². The van der Waals surface area contributed by atoms with Crippen LogP contribution in [0.3, 0.4) is 0 Å². The van der Waals surface area contributed by atoms with E-state index in [0.29, 0.717) is 12.8 Å². The van der Waals surface area contributed by atoms with E-state index in [-0.39, 0.29) is 50.4 Å². The molecule has 4 nitrogen and oxygen atoms in total. The molecular weight excluding hydrogens is 794 g/mol. The van der Waals surface area contributed by atoms with Crippen LogP contribution in [0.15, 0.2) is 66.5 Å². The molecule has 9 heteroatoms. The van der Waals surface area contributed by atoms with Gasteiger partial charge in [-0.3, -0.25) is 4.79 Å². The summed E-state index contributed by atoms with van der Waals surface area (Å²) in [6, 6.07) is 18.9. The number of carbonyl (C=O) groups is 1. The Morgan fingerprint density at radius 1 is 1.04 bits per heavy atom. The Bertz CT molecular complexity index is 2190. The SMILES string of the molecule is CCC(CC(F)(F)F)C(=O)/C=C(\O)C(CC)CC.[2H]c1nc2c3[c-]c(C)cc4c5ccccc5n(c5cc([Si](C)(C)C)cc(c1[2H])c25)c34.[Ir]. The van der Waals surface area contributed by atoms with E-state index in [1.165, 1.54) is 22.9 Å². The number of halogens is 3. The van der Waals surface area contributed by atoms with Gasteiger partial charge in [-0.2, -0.15) is 13.2 Å². The fourth-order valence-electron chi connectivity index (χ4n) is 6.37. The fourth-order valence-corrected chi connectivity index (χ4v) is 7.51. The van der Waals surface area contributed by atoms with E-state index in [2.05, 4.69) is 84.5 Å². The summed E-state index contributed by atoms with van der Waals surface area (Å²) < 4.78 is 56.1. The van der Waals surface area contributed by atoms with Gasteiger partial charge >= 0.3 is 6.18 Å². The number of pyridine rings is 2. The van der Waals surface area contributed by atoms with Crippen molar-refractivity contribution in [2.45, 2.75) is 79.2 Å². The summed E-state index contributed by atoms with van der Waals surface area (Å²) in [5.41, 5.74) is 5.19. The van der Waals surface area contributed by atoms with Gasteiger partial charge in [0.1, 0.15) is 0 Å². The van der Waals surface area contributed by atoms with Gasteiger partial charge < -0.3 is 14.5 Å². The number of alkyl halides is 3. The van der Waals surface area contributed by atoms with Gasteiger partial charge in [-0.15, -0.1) is 17.7 Å². The second-order valence-corrected chi connectivity index (χ2v) is 18.3. The Labute approximate surface area is 291 Å². The van der Waals surface area contributed by atoms with Gasteiger partial charge in [0, 0.05) is 55.2 Å². The number of aliphatic hydroxyl groups excluding tert-OH is 1. The van der Waals surface area contributed by atoms with Crippen LogP contribution in [0, 0.1) is 24.8 Å². The largest absolute Gasteiger partial charge is 0.512 e. The van der Waals surface area contributed by atoms with E-state index in [4.69, 9.17) is 2.74 Å². The van der Waals surface area contributed by atoms with Crippen molar-refractivity contribution in [2.75, 3.05) is 0 Å². The topological polar surface area (TPSA) is 54.6 Å². The molecule has 6 aromatic rings. The number of rotatable bonds is 8. The zero-order valence-electron chi connectivity index (χ0n) is 29.8. The zero-order valence-corrected chi connectivity index (χ0v) is 31.2. The summed E-state index contributed by atoms with van der Waals surface area (Å²) in [5.74, 6) is -2.00. The summed E-state index contributed by atoms with van der Waals surface area (Å²) in [6.45, 7) is 14.3. The molecule has 3 aromatic carbocycles. The average Bonchev–Trinajstić information content (AvgIpc) is 3.34. The van der Waals surface area contributed by atoms with Crippen LogP contribution in [0.2, 0.25) is 19.6 Å². The molecule has 6 rings (SSSR count). The summed E-state index contributed by atoms with van der Waals surface area (Å²) in [7, 11) is -1.65. The third-order valence-corrected chi connectivity index (χ3v) is 11.0. The maximum atomic E-state index is 12.2. The number of hydrogen-bond donors (Lipinski definition) is 1. The first-order chi connectivity index (χ1) is 22.5. The molecule has 0 aliphatic heterocycles. The van der Waals surface area contributed by atoms with Gasteiger partial charge in [0.05, 0.1) is 23.0 Å². The molecule has 0 saturated carbocycles. The fraction of sp³-hybridized carbons (Fsp3) is 0.368. The van der Waals surface area contributed by atoms with Crippen molar-refractivity contribution in [3.8, 4) is 0 Å². The number of para-hydroxylation sites is 1. The maximum absolute atomic E-state index is 12.2. The molecule has 1 radical (unpaired) electrons. The number of hydrogen-bond acceptors (Lipinski definition) is 3. The van der Waals surface area contributed by atoms with Crippen molar-refractivity contribution in [1.82, 2.24) is 9.38 Å². The van der Waals surface area contributed by atoms with E-state index in [1.54, 1.807) is 0 Å². The molecule has 1 N–H and O–H groups in total. The average molecular weight is 838 g/mol. The van der Waals surface area contributed by atoms with Crippen LogP contribution >= 0.6 is 0 Å². The molecule has 3 aromatic heterocycles. The van der Waals surface area contributed by atoms with Crippen molar-refractivity contribution < 1.29 is 45.9 Å². The standard InChI is InChI=1S/C25H21N2Si.C13H21F3O2.Ir/c1-15-11-19-18-7-5-6-8-21(18)27-22-14-17(28(2,3)4)13-16-9-10-26-24(23(16)22)20(12-15)25(19)27;1-4-9(5-2)11(17)7-12(18)10(6-3)8-13(14,15)16;/h5-11,13-14H,1-4H3;7,9-10,17H,4-6,8H2,1-3H3;/q-1;;/b;11-7-;/i9D,10D;;.